The number of benzene rings is 1. The molecule has 1 fully saturated rings. The number of rotatable bonds is 1. The van der Waals surface area contributed by atoms with E-state index in [1.807, 2.05) is 24.3 Å². The number of carbonyl (C=O) groups is 2. The summed E-state index contributed by atoms with van der Waals surface area (Å²) in [6, 6.07) is 10.1. The van der Waals surface area contributed by atoms with E-state index in [9.17, 15) is 14.4 Å². The molecule has 4 rings (SSSR count). The van der Waals surface area contributed by atoms with Gasteiger partial charge in [-0.2, -0.15) is 5.10 Å². The minimum absolute atomic E-state index is 0.0692. The lowest BCUT2D eigenvalue weighted by Crippen LogP contribution is -2.57. The molecule has 0 aliphatic carbocycles. The molecule has 8 heteroatoms. The van der Waals surface area contributed by atoms with E-state index in [2.05, 4.69) is 22.6 Å². The molecule has 1 aromatic heterocycles. The first-order chi connectivity index (χ1) is 15.0. The van der Waals surface area contributed by atoms with Crippen LogP contribution >= 0.6 is 0 Å². The van der Waals surface area contributed by atoms with Crippen molar-refractivity contribution < 1.29 is 14.3 Å². The largest absolute Gasteiger partial charge is 0.483 e. The van der Waals surface area contributed by atoms with Crippen molar-refractivity contribution in [2.45, 2.75) is 37.8 Å². The fourth-order valence-corrected chi connectivity index (χ4v) is 4.18. The van der Waals surface area contributed by atoms with Gasteiger partial charge in [0, 0.05) is 25.7 Å². The highest BCUT2D eigenvalue weighted by Gasteiger charge is 2.35. The number of nitrogens with zero attached hydrogens (tertiary/aromatic N) is 3. The zero-order chi connectivity index (χ0) is 21.8. The third kappa shape index (κ3) is 4.68. The lowest BCUT2D eigenvalue weighted by atomic mass is 9.92. The zero-order valence-corrected chi connectivity index (χ0v) is 17.5. The van der Waals surface area contributed by atoms with Crippen molar-refractivity contribution in [3.05, 3.63) is 70.2 Å². The van der Waals surface area contributed by atoms with E-state index in [0.717, 1.165) is 23.1 Å². The van der Waals surface area contributed by atoms with Crippen molar-refractivity contribution in [2.24, 2.45) is 7.05 Å². The number of fused-ring (bicyclic) bond motifs is 2. The number of carbonyl (C=O) groups excluding carboxylic acids is 2. The van der Waals surface area contributed by atoms with Crippen LogP contribution in [-0.2, 0) is 18.3 Å². The highest BCUT2D eigenvalue weighted by molar-refractivity contribution is 5.92. The SMILES string of the molecule is Cn1nc(C(=O)N2CCC[C@H]3NC(=O)COc4ccccc4C/C=C/C[C@H]32)ccc1=O. The van der Waals surface area contributed by atoms with Gasteiger partial charge in [-0.05, 0) is 43.4 Å². The molecule has 2 aliphatic heterocycles. The summed E-state index contributed by atoms with van der Waals surface area (Å²) >= 11 is 0. The Morgan fingerprint density at radius 2 is 2.00 bits per heavy atom. The Hall–Kier alpha value is -3.42. The molecule has 1 N–H and O–H groups in total. The number of aryl methyl sites for hydroxylation is 1. The molecule has 1 aromatic carbocycles. The maximum Gasteiger partial charge on any atom is 0.274 e. The quantitative estimate of drug-likeness (QED) is 0.702. The minimum Gasteiger partial charge on any atom is -0.483 e. The summed E-state index contributed by atoms with van der Waals surface area (Å²) < 4.78 is 6.91. The first-order valence-electron chi connectivity index (χ1n) is 10.5. The number of hydrogen-bond acceptors (Lipinski definition) is 5. The van der Waals surface area contributed by atoms with E-state index in [1.165, 1.54) is 19.2 Å². The maximum absolute atomic E-state index is 13.2. The topological polar surface area (TPSA) is 93.5 Å². The van der Waals surface area contributed by atoms with E-state index in [4.69, 9.17) is 4.74 Å². The van der Waals surface area contributed by atoms with Gasteiger partial charge in [-0.3, -0.25) is 14.4 Å². The van der Waals surface area contributed by atoms with E-state index < -0.39 is 0 Å². The third-order valence-corrected chi connectivity index (χ3v) is 5.78. The van der Waals surface area contributed by atoms with Gasteiger partial charge in [-0.1, -0.05) is 30.4 Å². The van der Waals surface area contributed by atoms with Crippen molar-refractivity contribution in [1.82, 2.24) is 20.0 Å². The number of hydrogen-bond donors (Lipinski definition) is 1. The van der Waals surface area contributed by atoms with Crippen LogP contribution < -0.4 is 15.6 Å². The van der Waals surface area contributed by atoms with Gasteiger partial charge in [0.15, 0.2) is 6.61 Å². The second kappa shape index (κ2) is 9.16. The second-order valence-electron chi connectivity index (χ2n) is 7.87. The Morgan fingerprint density at radius 3 is 2.84 bits per heavy atom. The van der Waals surface area contributed by atoms with E-state index in [0.29, 0.717) is 25.1 Å². The highest BCUT2D eigenvalue weighted by Crippen LogP contribution is 2.24. The second-order valence-corrected chi connectivity index (χ2v) is 7.87. The van der Waals surface area contributed by atoms with Crippen LogP contribution in [0.5, 0.6) is 5.75 Å². The maximum atomic E-state index is 13.2. The van der Waals surface area contributed by atoms with Gasteiger partial charge in [-0.15, -0.1) is 0 Å². The smallest absolute Gasteiger partial charge is 0.274 e. The van der Waals surface area contributed by atoms with Crippen molar-refractivity contribution in [3.8, 4) is 5.75 Å². The number of nitrogens with one attached hydrogen (secondary N) is 1. The summed E-state index contributed by atoms with van der Waals surface area (Å²) in [6.45, 7) is 0.508. The number of para-hydroxylation sites is 1. The van der Waals surface area contributed by atoms with Gasteiger partial charge >= 0.3 is 0 Å². The fraction of sp³-hybridized carbons (Fsp3) is 0.391. The number of aromatic nitrogens is 2. The van der Waals surface area contributed by atoms with Crippen molar-refractivity contribution in [1.29, 1.82) is 0 Å². The molecular weight excluding hydrogens is 396 g/mol. The minimum atomic E-state index is -0.269. The average molecular weight is 422 g/mol. The summed E-state index contributed by atoms with van der Waals surface area (Å²) in [5.74, 6) is 0.270. The van der Waals surface area contributed by atoms with Gasteiger partial charge in [-0.25, -0.2) is 4.68 Å². The molecule has 0 radical (unpaired) electrons. The Labute approximate surface area is 180 Å². The van der Waals surface area contributed by atoms with Crippen molar-refractivity contribution in [3.63, 3.8) is 0 Å². The number of piperidine rings is 1. The normalized spacial score (nSPS) is 22.6. The monoisotopic (exact) mass is 422 g/mol. The van der Waals surface area contributed by atoms with Gasteiger partial charge < -0.3 is 15.0 Å². The van der Waals surface area contributed by atoms with Gasteiger partial charge in [0.25, 0.3) is 17.4 Å². The lowest BCUT2D eigenvalue weighted by Gasteiger charge is -2.41. The van der Waals surface area contributed by atoms with Crippen molar-refractivity contribution in [2.75, 3.05) is 13.2 Å². The molecule has 8 nitrogen and oxygen atoms in total. The van der Waals surface area contributed by atoms with E-state index in [1.54, 1.807) is 4.90 Å². The first kappa shape index (κ1) is 20.8. The summed E-state index contributed by atoms with van der Waals surface area (Å²) in [5.41, 5.74) is 0.964. The summed E-state index contributed by atoms with van der Waals surface area (Å²) in [4.78, 5) is 39.2. The van der Waals surface area contributed by atoms with Crippen LogP contribution in [0.4, 0.5) is 0 Å². The Morgan fingerprint density at radius 1 is 1.16 bits per heavy atom. The van der Waals surface area contributed by atoms with Crippen LogP contribution in [0.15, 0.2) is 53.3 Å². The fourth-order valence-electron chi connectivity index (χ4n) is 4.18. The van der Waals surface area contributed by atoms with Gasteiger partial charge in [0.05, 0.1) is 6.04 Å². The number of allylic oxidation sites excluding steroid dienone is 1. The van der Waals surface area contributed by atoms with Gasteiger partial charge in [0.1, 0.15) is 11.4 Å². The number of amides is 2. The standard InChI is InChI=1S/C23H26N4O4/c1-26-22(29)13-12-18(25-26)23(30)27-14-6-9-17-19(27)10-4-2-7-16-8-3-5-11-20(16)31-15-21(28)24-17/h2-5,8,11-13,17,19H,6-7,9-10,14-15H2,1H3,(H,24,28)/b4-2+/t17-,19-/m1/s1. The Balaban J connectivity index is 1.60. The van der Waals surface area contributed by atoms with Crippen LogP contribution in [0.2, 0.25) is 0 Å². The summed E-state index contributed by atoms with van der Waals surface area (Å²) in [7, 11) is 1.52. The molecule has 2 aliphatic rings. The molecule has 0 saturated carbocycles. The molecule has 2 aromatic rings. The predicted molar refractivity (Wildman–Crippen MR) is 115 cm³/mol. The van der Waals surface area contributed by atoms with Gasteiger partial charge in [0.2, 0.25) is 0 Å². The summed E-state index contributed by atoms with van der Waals surface area (Å²) in [6.07, 6.45) is 6.99. The molecule has 1 saturated heterocycles. The number of likely N-dealkylation sites (tertiary alicyclic amines) is 1. The Kier molecular flexibility index (Phi) is 6.16. The molecule has 2 amide bonds. The average Bonchev–Trinajstić information content (AvgIpc) is 2.77. The van der Waals surface area contributed by atoms with Crippen LogP contribution in [0.25, 0.3) is 0 Å². The van der Waals surface area contributed by atoms with E-state index in [-0.39, 0.29) is 41.8 Å². The molecule has 31 heavy (non-hydrogen) atoms. The van der Waals surface area contributed by atoms with Crippen molar-refractivity contribution >= 4 is 11.8 Å². The van der Waals surface area contributed by atoms with Crippen LogP contribution in [0.3, 0.4) is 0 Å². The van der Waals surface area contributed by atoms with Crippen LogP contribution in [0, 0.1) is 0 Å². The summed E-state index contributed by atoms with van der Waals surface area (Å²) in [5, 5.41) is 7.17. The molecule has 3 heterocycles. The first-order valence-corrected chi connectivity index (χ1v) is 10.5. The van der Waals surface area contributed by atoms with Crippen LogP contribution in [0.1, 0.15) is 35.3 Å². The third-order valence-electron chi connectivity index (χ3n) is 5.78. The molecule has 0 unspecified atom stereocenters. The highest BCUT2D eigenvalue weighted by atomic mass is 16.5. The molecule has 0 spiro atoms. The van der Waals surface area contributed by atoms with Crippen LogP contribution in [-0.4, -0.2) is 51.7 Å². The molecule has 162 valence electrons. The predicted octanol–water partition coefficient (Wildman–Crippen LogP) is 1.45. The Bertz CT molecular complexity index is 1060. The number of ether oxygens (including phenoxy) is 1. The zero-order valence-electron chi connectivity index (χ0n) is 17.5. The molecule has 2 atom stereocenters. The molecule has 0 bridgehead atoms. The van der Waals surface area contributed by atoms with E-state index >= 15 is 0 Å². The lowest BCUT2D eigenvalue weighted by molar-refractivity contribution is -0.124. The molecular formula is C23H26N4O4.